The highest BCUT2D eigenvalue weighted by Crippen LogP contribution is 2.09. The molecule has 3 amide bonds. The third-order valence-corrected chi connectivity index (χ3v) is 5.02. The van der Waals surface area contributed by atoms with Gasteiger partial charge in [-0.05, 0) is 43.7 Å². The molecule has 0 bridgehead atoms. The summed E-state index contributed by atoms with van der Waals surface area (Å²) in [5, 5.41) is 17.4. The normalized spacial score (nSPS) is 13.6. The fraction of sp³-hybridized carbons (Fsp3) is 0.565. The molecule has 0 saturated carbocycles. The van der Waals surface area contributed by atoms with Gasteiger partial charge in [-0.2, -0.15) is 0 Å². The molecular formula is C23H37N5O5. The first-order valence-electron chi connectivity index (χ1n) is 11.2. The summed E-state index contributed by atoms with van der Waals surface area (Å²) >= 11 is 0. The van der Waals surface area contributed by atoms with E-state index in [2.05, 4.69) is 16.0 Å². The number of nitrogens with two attached hydrogens (primary N) is 2. The number of rotatable bonds is 15. The van der Waals surface area contributed by atoms with Gasteiger partial charge in [0.05, 0.1) is 6.54 Å². The molecule has 0 heterocycles. The van der Waals surface area contributed by atoms with E-state index >= 15 is 0 Å². The zero-order valence-electron chi connectivity index (χ0n) is 19.4. The number of hydrogen-bond donors (Lipinski definition) is 6. The van der Waals surface area contributed by atoms with Crippen molar-refractivity contribution in [3.63, 3.8) is 0 Å². The molecule has 1 aromatic carbocycles. The van der Waals surface area contributed by atoms with Crippen molar-refractivity contribution in [3.8, 4) is 0 Å². The Morgan fingerprint density at radius 3 is 2.03 bits per heavy atom. The zero-order valence-corrected chi connectivity index (χ0v) is 19.4. The Morgan fingerprint density at radius 2 is 1.48 bits per heavy atom. The minimum absolute atomic E-state index is 0.0489. The van der Waals surface area contributed by atoms with Crippen molar-refractivity contribution >= 4 is 23.7 Å². The van der Waals surface area contributed by atoms with E-state index in [9.17, 15) is 24.3 Å². The molecule has 0 fully saturated rings. The van der Waals surface area contributed by atoms with Crippen molar-refractivity contribution in [1.29, 1.82) is 0 Å². The highest BCUT2D eigenvalue weighted by atomic mass is 16.4. The summed E-state index contributed by atoms with van der Waals surface area (Å²) in [5.74, 6) is -2.72. The molecule has 0 radical (unpaired) electrons. The second-order valence-electron chi connectivity index (χ2n) is 8.39. The third kappa shape index (κ3) is 10.9. The van der Waals surface area contributed by atoms with Crippen LogP contribution in [0.25, 0.3) is 0 Å². The Kier molecular flexibility index (Phi) is 12.7. The summed E-state index contributed by atoms with van der Waals surface area (Å²) in [6.07, 6.45) is 2.04. The van der Waals surface area contributed by atoms with E-state index in [-0.39, 0.29) is 18.9 Å². The molecular weight excluding hydrogens is 426 g/mol. The lowest BCUT2D eigenvalue weighted by Crippen LogP contribution is -2.56. The van der Waals surface area contributed by atoms with Crippen molar-refractivity contribution in [2.45, 2.75) is 64.1 Å². The fourth-order valence-corrected chi connectivity index (χ4v) is 3.31. The van der Waals surface area contributed by atoms with Crippen molar-refractivity contribution in [3.05, 3.63) is 35.9 Å². The predicted octanol–water partition coefficient (Wildman–Crippen LogP) is -0.0981. The quantitative estimate of drug-likeness (QED) is 0.197. The van der Waals surface area contributed by atoms with Gasteiger partial charge >= 0.3 is 5.97 Å². The van der Waals surface area contributed by atoms with Crippen LogP contribution in [0.4, 0.5) is 0 Å². The Bertz CT molecular complexity index is 772. The van der Waals surface area contributed by atoms with E-state index < -0.39 is 41.8 Å². The molecule has 10 heteroatoms. The van der Waals surface area contributed by atoms with Gasteiger partial charge in [-0.25, -0.2) is 4.79 Å². The number of hydrogen-bond acceptors (Lipinski definition) is 6. The molecule has 0 aliphatic carbocycles. The van der Waals surface area contributed by atoms with Crippen molar-refractivity contribution < 1.29 is 24.3 Å². The average Bonchev–Trinajstić information content (AvgIpc) is 2.77. The Morgan fingerprint density at radius 1 is 0.879 bits per heavy atom. The van der Waals surface area contributed by atoms with Gasteiger partial charge in [-0.3, -0.25) is 14.4 Å². The molecule has 0 spiro atoms. The lowest BCUT2D eigenvalue weighted by Gasteiger charge is -2.25. The van der Waals surface area contributed by atoms with E-state index in [1.165, 1.54) is 0 Å². The largest absolute Gasteiger partial charge is 0.480 e. The maximum atomic E-state index is 13.0. The first-order valence-corrected chi connectivity index (χ1v) is 11.2. The van der Waals surface area contributed by atoms with Gasteiger partial charge in [-0.1, -0.05) is 44.2 Å². The number of unbranched alkanes of at least 4 members (excludes halogenated alkanes) is 1. The summed E-state index contributed by atoms with van der Waals surface area (Å²) < 4.78 is 0. The number of benzene rings is 1. The van der Waals surface area contributed by atoms with Crippen LogP contribution in [0.3, 0.4) is 0 Å². The molecule has 0 aromatic heterocycles. The molecule has 33 heavy (non-hydrogen) atoms. The first kappa shape index (κ1) is 28.1. The monoisotopic (exact) mass is 463 g/mol. The number of nitrogens with one attached hydrogen (secondary N) is 3. The fourth-order valence-electron chi connectivity index (χ4n) is 3.31. The van der Waals surface area contributed by atoms with Crippen LogP contribution in [0.2, 0.25) is 0 Å². The summed E-state index contributed by atoms with van der Waals surface area (Å²) in [4.78, 5) is 49.4. The van der Waals surface area contributed by atoms with E-state index in [0.717, 1.165) is 5.56 Å². The van der Waals surface area contributed by atoms with Crippen LogP contribution in [0.1, 0.15) is 45.1 Å². The second-order valence-corrected chi connectivity index (χ2v) is 8.39. The average molecular weight is 464 g/mol. The van der Waals surface area contributed by atoms with Crippen LogP contribution >= 0.6 is 0 Å². The van der Waals surface area contributed by atoms with E-state index in [1.54, 1.807) is 24.3 Å². The van der Waals surface area contributed by atoms with Gasteiger partial charge in [0.15, 0.2) is 0 Å². The van der Waals surface area contributed by atoms with Crippen LogP contribution in [-0.4, -0.2) is 60.0 Å². The Labute approximate surface area is 194 Å². The SMILES string of the molecule is CC(C)CC(NC(=O)C(CCCCN)NC(=O)CN)C(=O)NC(Cc1ccccc1)C(=O)O. The number of aliphatic carboxylic acids is 1. The van der Waals surface area contributed by atoms with Crippen LogP contribution < -0.4 is 27.4 Å². The minimum Gasteiger partial charge on any atom is -0.480 e. The molecule has 8 N–H and O–H groups in total. The van der Waals surface area contributed by atoms with E-state index in [0.29, 0.717) is 32.2 Å². The maximum absolute atomic E-state index is 13.0. The zero-order chi connectivity index (χ0) is 24.8. The highest BCUT2D eigenvalue weighted by molar-refractivity contribution is 5.93. The number of carboxylic acids is 1. The smallest absolute Gasteiger partial charge is 0.326 e. The standard InChI is InChI=1S/C23H37N5O5/c1-15(2)12-18(27-21(30)17(10-6-7-11-24)26-20(29)14-25)22(31)28-19(23(32)33)13-16-8-4-3-5-9-16/h3-5,8-9,15,17-19H,6-7,10-14,24-25H2,1-2H3,(H,26,29)(H,27,30)(H,28,31)(H,32,33). The van der Waals surface area contributed by atoms with Crippen molar-refractivity contribution in [1.82, 2.24) is 16.0 Å². The summed E-state index contributed by atoms with van der Waals surface area (Å²) in [7, 11) is 0. The van der Waals surface area contributed by atoms with Gasteiger partial charge in [0.2, 0.25) is 17.7 Å². The molecule has 3 unspecified atom stereocenters. The number of carbonyl (C=O) groups is 4. The summed E-state index contributed by atoms with van der Waals surface area (Å²) in [6, 6.07) is 5.99. The lowest BCUT2D eigenvalue weighted by molar-refractivity contribution is -0.142. The van der Waals surface area contributed by atoms with Crippen molar-refractivity contribution in [2.24, 2.45) is 17.4 Å². The Balaban J connectivity index is 2.93. The van der Waals surface area contributed by atoms with Gasteiger partial charge in [-0.15, -0.1) is 0 Å². The Hall–Kier alpha value is -2.98. The second kappa shape index (κ2) is 15.0. The maximum Gasteiger partial charge on any atom is 0.326 e. The van der Waals surface area contributed by atoms with Crippen LogP contribution in [0.5, 0.6) is 0 Å². The van der Waals surface area contributed by atoms with Gasteiger partial charge in [0.25, 0.3) is 0 Å². The third-order valence-electron chi connectivity index (χ3n) is 5.02. The first-order chi connectivity index (χ1) is 15.7. The van der Waals surface area contributed by atoms with Gasteiger partial charge in [0, 0.05) is 6.42 Å². The molecule has 0 aliphatic rings. The molecule has 1 aromatic rings. The minimum atomic E-state index is -1.17. The number of amides is 3. The molecule has 10 nitrogen and oxygen atoms in total. The van der Waals surface area contributed by atoms with Crippen LogP contribution in [0, 0.1) is 5.92 Å². The number of carbonyl (C=O) groups excluding carboxylic acids is 3. The lowest BCUT2D eigenvalue weighted by atomic mass is 10.0. The van der Waals surface area contributed by atoms with Crippen LogP contribution in [0.15, 0.2) is 30.3 Å². The molecule has 184 valence electrons. The van der Waals surface area contributed by atoms with Crippen LogP contribution in [-0.2, 0) is 25.6 Å². The molecule has 0 aliphatic heterocycles. The van der Waals surface area contributed by atoms with Crippen molar-refractivity contribution in [2.75, 3.05) is 13.1 Å². The summed E-state index contributed by atoms with van der Waals surface area (Å²) in [6.45, 7) is 3.96. The topological polar surface area (TPSA) is 177 Å². The van der Waals surface area contributed by atoms with E-state index in [1.807, 2.05) is 19.9 Å². The molecule has 3 atom stereocenters. The van der Waals surface area contributed by atoms with Gasteiger partial charge < -0.3 is 32.5 Å². The molecule has 1 rings (SSSR count). The number of carboxylic acid groups (broad SMARTS) is 1. The predicted molar refractivity (Wildman–Crippen MR) is 125 cm³/mol. The van der Waals surface area contributed by atoms with E-state index in [4.69, 9.17) is 11.5 Å². The molecule has 0 saturated heterocycles. The summed E-state index contributed by atoms with van der Waals surface area (Å²) in [5.41, 5.74) is 11.6. The van der Waals surface area contributed by atoms with Gasteiger partial charge in [0.1, 0.15) is 18.1 Å². The highest BCUT2D eigenvalue weighted by Gasteiger charge is 2.29.